The Morgan fingerprint density at radius 1 is 1.15 bits per heavy atom. The molecule has 0 aliphatic heterocycles. The maximum Gasteiger partial charge on any atom is 0.165 e. The van der Waals surface area contributed by atoms with Crippen LogP contribution in [0.5, 0.6) is 5.75 Å². The van der Waals surface area contributed by atoms with E-state index < -0.39 is 6.10 Å². The van der Waals surface area contributed by atoms with Crippen molar-refractivity contribution < 1.29 is 19.4 Å². The van der Waals surface area contributed by atoms with Gasteiger partial charge in [0, 0.05) is 18.0 Å². The summed E-state index contributed by atoms with van der Waals surface area (Å²) in [6.07, 6.45) is 10.9. The Hall–Kier alpha value is -1.66. The van der Waals surface area contributed by atoms with E-state index in [0.29, 0.717) is 48.6 Å². The van der Waals surface area contributed by atoms with Gasteiger partial charge in [0.25, 0.3) is 0 Å². The first-order valence-corrected chi connectivity index (χ1v) is 15.7. The average molecular weight is 545 g/mol. The van der Waals surface area contributed by atoms with Gasteiger partial charge in [0.05, 0.1) is 18.4 Å². The molecule has 5 nitrogen and oxygen atoms in total. The Morgan fingerprint density at radius 2 is 1.92 bits per heavy atom. The summed E-state index contributed by atoms with van der Waals surface area (Å²) in [6.45, 7) is 12.2. The molecule has 3 saturated carbocycles. The lowest BCUT2D eigenvalue weighted by atomic mass is 9.43. The topological polar surface area (TPSA) is 74.1 Å². The second-order valence-corrected chi connectivity index (χ2v) is 13.1. The second-order valence-electron chi connectivity index (χ2n) is 13.1. The van der Waals surface area contributed by atoms with Crippen molar-refractivity contribution in [1.29, 1.82) is 0 Å². The van der Waals surface area contributed by atoms with E-state index >= 15 is 0 Å². The number of ether oxygens (including phenoxy) is 1. The lowest BCUT2D eigenvalue weighted by Crippen LogP contribution is -2.57. The molecule has 3 aliphatic rings. The van der Waals surface area contributed by atoms with Crippen LogP contribution in [0.4, 0.5) is 4.39 Å². The Balaban J connectivity index is 1.46. The minimum Gasteiger partial charge on any atom is -0.490 e. The maximum absolute atomic E-state index is 14.7. The highest BCUT2D eigenvalue weighted by molar-refractivity contribution is 5.85. The maximum atomic E-state index is 14.7. The van der Waals surface area contributed by atoms with Crippen LogP contribution in [0.1, 0.15) is 111 Å². The number of benzene rings is 1. The van der Waals surface area contributed by atoms with Crippen LogP contribution in [0, 0.1) is 40.3 Å². The second kappa shape index (κ2) is 12.9. The van der Waals surface area contributed by atoms with E-state index in [9.17, 15) is 14.7 Å². The minimum absolute atomic E-state index is 0.212. The smallest absolute Gasteiger partial charge is 0.165 e. The number of halogens is 1. The molecule has 4 rings (SSSR count). The third-order valence-electron chi connectivity index (χ3n) is 11.6. The lowest BCUT2D eigenvalue weighted by molar-refractivity contribution is -0.146. The molecule has 3 aliphatic carbocycles. The quantitative estimate of drug-likeness (QED) is 0.197. The first-order chi connectivity index (χ1) is 18.7. The van der Waals surface area contributed by atoms with Gasteiger partial charge in [-0.2, -0.15) is 0 Å². The normalized spacial score (nSPS) is 34.5. The van der Waals surface area contributed by atoms with Crippen molar-refractivity contribution in [3.63, 3.8) is 0 Å². The molecule has 3 fully saturated rings. The first-order valence-electron chi connectivity index (χ1n) is 15.7. The van der Waals surface area contributed by atoms with Gasteiger partial charge < -0.3 is 20.4 Å². The van der Waals surface area contributed by atoms with E-state index in [1.165, 1.54) is 18.9 Å². The van der Waals surface area contributed by atoms with Crippen LogP contribution >= 0.6 is 0 Å². The molecule has 0 amide bonds. The van der Waals surface area contributed by atoms with Crippen LogP contribution in [0.2, 0.25) is 0 Å². The third-order valence-corrected chi connectivity index (χ3v) is 11.6. The number of aliphatic hydroxyl groups excluding tert-OH is 1. The highest BCUT2D eigenvalue weighted by Gasteiger charge is 2.58. The summed E-state index contributed by atoms with van der Waals surface area (Å²) in [4.78, 5) is 0. The summed E-state index contributed by atoms with van der Waals surface area (Å²) in [5.41, 5.74) is 2.06. The van der Waals surface area contributed by atoms with Crippen LogP contribution < -0.4 is 10.1 Å². The van der Waals surface area contributed by atoms with E-state index in [1.807, 2.05) is 19.1 Å². The zero-order valence-corrected chi connectivity index (χ0v) is 25.0. The van der Waals surface area contributed by atoms with Crippen molar-refractivity contribution in [2.24, 2.45) is 39.7 Å². The van der Waals surface area contributed by atoms with Crippen LogP contribution in [-0.2, 0) is 6.54 Å². The molecule has 220 valence electrons. The SMILES string of the molecule is CCC(CC)NCc1ccc(F)c(OCCC2(C(C)O)CCC3C(CCC4C/C(=N\O)CCC43C)C2CC)c1. The van der Waals surface area contributed by atoms with Crippen LogP contribution in [0.3, 0.4) is 0 Å². The summed E-state index contributed by atoms with van der Waals surface area (Å²) < 4.78 is 20.8. The summed E-state index contributed by atoms with van der Waals surface area (Å²) in [6, 6.07) is 5.64. The van der Waals surface area contributed by atoms with Crippen LogP contribution in [0.15, 0.2) is 23.4 Å². The van der Waals surface area contributed by atoms with Gasteiger partial charge in [-0.25, -0.2) is 4.39 Å². The number of fused-ring (bicyclic) bond motifs is 3. The van der Waals surface area contributed by atoms with Gasteiger partial charge in [0.2, 0.25) is 0 Å². The molecule has 1 aromatic rings. The predicted molar refractivity (Wildman–Crippen MR) is 156 cm³/mol. The highest BCUT2D eigenvalue weighted by atomic mass is 19.1. The van der Waals surface area contributed by atoms with E-state index in [1.54, 1.807) is 0 Å². The van der Waals surface area contributed by atoms with Gasteiger partial charge in [0.15, 0.2) is 11.6 Å². The van der Waals surface area contributed by atoms with E-state index in [0.717, 1.165) is 69.1 Å². The molecule has 39 heavy (non-hydrogen) atoms. The largest absolute Gasteiger partial charge is 0.490 e. The Labute approximate surface area is 236 Å². The number of aliphatic hydroxyl groups is 1. The van der Waals surface area contributed by atoms with Gasteiger partial charge in [0.1, 0.15) is 0 Å². The van der Waals surface area contributed by atoms with Crippen molar-refractivity contribution in [1.82, 2.24) is 5.32 Å². The van der Waals surface area contributed by atoms with Crippen molar-refractivity contribution in [2.75, 3.05) is 6.61 Å². The molecular formula is C33H53FN2O3. The summed E-state index contributed by atoms with van der Waals surface area (Å²) in [5.74, 6) is 2.24. The van der Waals surface area contributed by atoms with E-state index in [4.69, 9.17) is 4.74 Å². The van der Waals surface area contributed by atoms with Gasteiger partial charge >= 0.3 is 0 Å². The zero-order valence-electron chi connectivity index (χ0n) is 25.0. The fourth-order valence-corrected chi connectivity index (χ4v) is 9.10. The van der Waals surface area contributed by atoms with Crippen LogP contribution in [0.25, 0.3) is 0 Å². The molecular weight excluding hydrogens is 491 g/mol. The molecule has 0 radical (unpaired) electrons. The van der Waals surface area contributed by atoms with Crippen LogP contribution in [-0.4, -0.2) is 34.8 Å². The van der Waals surface area contributed by atoms with Crippen molar-refractivity contribution in [2.45, 2.75) is 124 Å². The molecule has 0 aromatic heterocycles. The van der Waals surface area contributed by atoms with Gasteiger partial charge in [-0.1, -0.05) is 45.3 Å². The third kappa shape index (κ3) is 6.02. The van der Waals surface area contributed by atoms with Crippen molar-refractivity contribution in [3.8, 4) is 5.75 Å². The van der Waals surface area contributed by atoms with Crippen molar-refractivity contribution >= 4 is 5.71 Å². The van der Waals surface area contributed by atoms with Gasteiger partial charge in [-0.15, -0.1) is 0 Å². The summed E-state index contributed by atoms with van der Waals surface area (Å²) in [7, 11) is 0. The number of rotatable bonds is 11. The molecule has 6 heteroatoms. The molecule has 0 bridgehead atoms. The fraction of sp³-hybridized carbons (Fsp3) is 0.788. The lowest BCUT2D eigenvalue weighted by Gasteiger charge is -2.62. The van der Waals surface area contributed by atoms with E-state index in [-0.39, 0.29) is 16.6 Å². The monoisotopic (exact) mass is 544 g/mol. The Kier molecular flexibility index (Phi) is 10.0. The molecule has 0 saturated heterocycles. The molecule has 1 aromatic carbocycles. The van der Waals surface area contributed by atoms with Gasteiger partial charge in [-0.3, -0.25) is 0 Å². The number of oxime groups is 1. The molecule has 7 atom stereocenters. The molecule has 0 heterocycles. The molecule has 7 unspecified atom stereocenters. The number of nitrogens with one attached hydrogen (secondary N) is 1. The summed E-state index contributed by atoms with van der Waals surface area (Å²) in [5, 5.41) is 27.8. The standard InChI is InChI=1S/C33H53FN2O3/c1-6-25(7-2)35-21-23-9-12-30(34)31(19-23)39-18-17-33(22(4)37)16-14-29-27(28(33)8-3)11-10-24-20-26(36-38)13-15-32(24,29)5/h9,12,19,22,24-25,27-29,35,37-38H,6-8,10-11,13-18,20-21H2,1-5H3/b36-26-. The highest BCUT2D eigenvalue weighted by Crippen LogP contribution is 2.64. The number of hydrogen-bond donors (Lipinski definition) is 3. The van der Waals surface area contributed by atoms with Gasteiger partial charge in [-0.05, 0) is 118 Å². The molecule has 0 spiro atoms. The number of nitrogens with zero attached hydrogens (tertiary/aromatic N) is 1. The Bertz CT molecular complexity index is 980. The minimum atomic E-state index is -0.433. The Morgan fingerprint density at radius 3 is 2.59 bits per heavy atom. The van der Waals surface area contributed by atoms with E-state index in [2.05, 4.69) is 38.2 Å². The fourth-order valence-electron chi connectivity index (χ4n) is 9.10. The molecule has 3 N–H and O–H groups in total. The number of hydrogen-bond acceptors (Lipinski definition) is 5. The summed E-state index contributed by atoms with van der Waals surface area (Å²) >= 11 is 0. The average Bonchev–Trinajstić information content (AvgIpc) is 2.94. The first kappa shape index (κ1) is 30.3. The zero-order chi connectivity index (χ0) is 28.2. The predicted octanol–water partition coefficient (Wildman–Crippen LogP) is 7.72. The van der Waals surface area contributed by atoms with Crippen molar-refractivity contribution in [3.05, 3.63) is 29.6 Å².